The van der Waals surface area contributed by atoms with Gasteiger partial charge in [-0.3, -0.25) is 9.69 Å². The molecule has 1 aliphatic heterocycles. The van der Waals surface area contributed by atoms with Crippen LogP contribution >= 0.6 is 0 Å². The predicted molar refractivity (Wildman–Crippen MR) is 78.8 cm³/mol. The van der Waals surface area contributed by atoms with Crippen LogP contribution in [0.1, 0.15) is 27.9 Å². The van der Waals surface area contributed by atoms with Crippen molar-refractivity contribution in [3.8, 4) is 0 Å². The van der Waals surface area contributed by atoms with Gasteiger partial charge in [0, 0.05) is 24.7 Å². The summed E-state index contributed by atoms with van der Waals surface area (Å²) in [5.41, 5.74) is 3.12. The third kappa shape index (κ3) is 3.43. The molecule has 1 aliphatic rings. The molecule has 0 saturated carbocycles. The van der Waals surface area contributed by atoms with E-state index in [9.17, 15) is 4.79 Å². The summed E-state index contributed by atoms with van der Waals surface area (Å²) < 4.78 is 0. The maximum Gasteiger partial charge on any atom is 0.177 e. The maximum absolute atomic E-state index is 12.4. The van der Waals surface area contributed by atoms with E-state index in [0.29, 0.717) is 12.6 Å². The van der Waals surface area contributed by atoms with E-state index in [0.717, 1.165) is 36.2 Å². The van der Waals surface area contributed by atoms with Crippen molar-refractivity contribution in [2.75, 3.05) is 33.7 Å². The number of Topliss-reactive ketones (excluding diaryl/α,β-unsaturated/α-hetero) is 1. The van der Waals surface area contributed by atoms with Crippen molar-refractivity contribution in [1.82, 2.24) is 9.80 Å². The second-order valence-electron chi connectivity index (χ2n) is 5.88. The SMILES string of the molecule is Cc1ccc(C)c(C(=O)CN2CCC(N(C)C)C2)c1. The van der Waals surface area contributed by atoms with Gasteiger partial charge in [0.05, 0.1) is 6.54 Å². The summed E-state index contributed by atoms with van der Waals surface area (Å²) >= 11 is 0. The molecule has 0 radical (unpaired) electrons. The van der Waals surface area contributed by atoms with Crippen molar-refractivity contribution in [3.05, 3.63) is 34.9 Å². The molecule has 1 saturated heterocycles. The lowest BCUT2D eigenvalue weighted by molar-refractivity contribution is 0.0941. The van der Waals surface area contributed by atoms with E-state index in [4.69, 9.17) is 0 Å². The number of carbonyl (C=O) groups is 1. The van der Waals surface area contributed by atoms with Crippen LogP contribution in [0.15, 0.2) is 18.2 Å². The number of ketones is 1. The van der Waals surface area contributed by atoms with E-state index in [1.807, 2.05) is 26.0 Å². The van der Waals surface area contributed by atoms with Crippen LogP contribution in [0, 0.1) is 13.8 Å². The van der Waals surface area contributed by atoms with Crippen LogP contribution in [-0.4, -0.2) is 55.4 Å². The minimum absolute atomic E-state index is 0.251. The Morgan fingerprint density at radius 3 is 2.74 bits per heavy atom. The highest BCUT2D eigenvalue weighted by molar-refractivity contribution is 5.99. The van der Waals surface area contributed by atoms with Gasteiger partial charge in [-0.2, -0.15) is 0 Å². The Morgan fingerprint density at radius 1 is 1.37 bits per heavy atom. The Labute approximate surface area is 116 Å². The lowest BCUT2D eigenvalue weighted by atomic mass is 10.0. The molecule has 0 N–H and O–H groups in total. The molecule has 104 valence electrons. The third-order valence-corrected chi connectivity index (χ3v) is 4.04. The standard InChI is InChI=1S/C16H24N2O/c1-12-5-6-13(2)15(9-12)16(19)11-18-8-7-14(10-18)17(3)4/h5-6,9,14H,7-8,10-11H2,1-4H3. The molecule has 1 aromatic rings. The van der Waals surface area contributed by atoms with Crippen molar-refractivity contribution >= 4 is 5.78 Å². The van der Waals surface area contributed by atoms with Crippen molar-refractivity contribution in [3.63, 3.8) is 0 Å². The van der Waals surface area contributed by atoms with Crippen LogP contribution in [0.25, 0.3) is 0 Å². The second-order valence-corrected chi connectivity index (χ2v) is 5.88. The fraction of sp³-hybridized carbons (Fsp3) is 0.562. The van der Waals surface area contributed by atoms with E-state index in [-0.39, 0.29) is 5.78 Å². The van der Waals surface area contributed by atoms with Gasteiger partial charge in [0.25, 0.3) is 0 Å². The van der Waals surface area contributed by atoms with E-state index in [1.54, 1.807) is 0 Å². The van der Waals surface area contributed by atoms with Gasteiger partial charge in [-0.25, -0.2) is 0 Å². The number of nitrogens with zero attached hydrogens (tertiary/aromatic N) is 2. The van der Waals surface area contributed by atoms with E-state index >= 15 is 0 Å². The van der Waals surface area contributed by atoms with Crippen LogP contribution in [0.5, 0.6) is 0 Å². The number of rotatable bonds is 4. The highest BCUT2D eigenvalue weighted by Gasteiger charge is 2.25. The van der Waals surface area contributed by atoms with E-state index in [2.05, 4.69) is 30.0 Å². The van der Waals surface area contributed by atoms with Gasteiger partial charge in [0.15, 0.2) is 5.78 Å². The first-order valence-corrected chi connectivity index (χ1v) is 6.96. The fourth-order valence-corrected chi connectivity index (χ4v) is 2.70. The van der Waals surface area contributed by atoms with E-state index < -0.39 is 0 Å². The van der Waals surface area contributed by atoms with Crippen molar-refractivity contribution < 1.29 is 4.79 Å². The number of aryl methyl sites for hydroxylation is 2. The molecule has 3 nitrogen and oxygen atoms in total. The largest absolute Gasteiger partial charge is 0.305 e. The van der Waals surface area contributed by atoms with Crippen LogP contribution in [0.3, 0.4) is 0 Å². The number of hydrogen-bond acceptors (Lipinski definition) is 3. The van der Waals surface area contributed by atoms with Crippen molar-refractivity contribution in [1.29, 1.82) is 0 Å². The summed E-state index contributed by atoms with van der Waals surface area (Å²) in [5, 5.41) is 0. The Bertz CT molecular complexity index is 468. The summed E-state index contributed by atoms with van der Waals surface area (Å²) in [6.07, 6.45) is 1.16. The zero-order valence-electron chi connectivity index (χ0n) is 12.4. The fourth-order valence-electron chi connectivity index (χ4n) is 2.70. The van der Waals surface area contributed by atoms with Gasteiger partial charge in [0.1, 0.15) is 0 Å². The summed E-state index contributed by atoms with van der Waals surface area (Å²) in [4.78, 5) is 16.9. The highest BCUT2D eigenvalue weighted by Crippen LogP contribution is 2.16. The first-order valence-electron chi connectivity index (χ1n) is 6.96. The van der Waals surface area contributed by atoms with Crippen LogP contribution in [0.4, 0.5) is 0 Å². The van der Waals surface area contributed by atoms with Crippen molar-refractivity contribution in [2.24, 2.45) is 0 Å². The number of hydrogen-bond donors (Lipinski definition) is 0. The van der Waals surface area contributed by atoms with Gasteiger partial charge in [-0.05, 0) is 46.0 Å². The molecule has 0 amide bonds. The molecule has 1 unspecified atom stereocenters. The quantitative estimate of drug-likeness (QED) is 0.775. The average molecular weight is 260 g/mol. The average Bonchev–Trinajstić information content (AvgIpc) is 2.80. The monoisotopic (exact) mass is 260 g/mol. The number of benzene rings is 1. The Morgan fingerprint density at radius 2 is 2.11 bits per heavy atom. The number of likely N-dealkylation sites (tertiary alicyclic amines) is 1. The second kappa shape index (κ2) is 5.85. The zero-order valence-corrected chi connectivity index (χ0v) is 12.4. The van der Waals surface area contributed by atoms with Gasteiger partial charge in [-0.15, -0.1) is 0 Å². The highest BCUT2D eigenvalue weighted by atomic mass is 16.1. The van der Waals surface area contributed by atoms with E-state index in [1.165, 1.54) is 0 Å². The Balaban J connectivity index is 2.00. The predicted octanol–water partition coefficient (Wildman–Crippen LogP) is 2.12. The molecule has 0 aromatic heterocycles. The van der Waals surface area contributed by atoms with Gasteiger partial charge in [-0.1, -0.05) is 17.7 Å². The lowest BCUT2D eigenvalue weighted by Gasteiger charge is -2.20. The summed E-state index contributed by atoms with van der Waals surface area (Å²) in [6, 6.07) is 6.70. The lowest BCUT2D eigenvalue weighted by Crippen LogP contribution is -2.34. The topological polar surface area (TPSA) is 23.6 Å². The Hall–Kier alpha value is -1.19. The molecule has 3 heteroatoms. The van der Waals surface area contributed by atoms with Crippen LogP contribution in [0.2, 0.25) is 0 Å². The first-order chi connectivity index (χ1) is 8.97. The van der Waals surface area contributed by atoms with Crippen molar-refractivity contribution in [2.45, 2.75) is 26.3 Å². The molecule has 1 aromatic carbocycles. The van der Waals surface area contributed by atoms with Gasteiger partial charge < -0.3 is 4.90 Å². The molecular formula is C16H24N2O. The molecule has 19 heavy (non-hydrogen) atoms. The molecule has 1 heterocycles. The maximum atomic E-state index is 12.4. The molecule has 0 spiro atoms. The van der Waals surface area contributed by atoms with Crippen LogP contribution < -0.4 is 0 Å². The molecule has 1 fully saturated rings. The van der Waals surface area contributed by atoms with Gasteiger partial charge in [0.2, 0.25) is 0 Å². The normalized spacial score (nSPS) is 20.2. The summed E-state index contributed by atoms with van der Waals surface area (Å²) in [6.45, 7) is 6.63. The smallest absolute Gasteiger partial charge is 0.177 e. The minimum atomic E-state index is 0.251. The summed E-state index contributed by atoms with van der Waals surface area (Å²) in [7, 11) is 4.22. The zero-order chi connectivity index (χ0) is 14.0. The molecular weight excluding hydrogens is 236 g/mol. The molecule has 1 atom stereocenters. The summed E-state index contributed by atoms with van der Waals surface area (Å²) in [5.74, 6) is 0.251. The molecule has 0 bridgehead atoms. The minimum Gasteiger partial charge on any atom is -0.305 e. The van der Waals surface area contributed by atoms with Gasteiger partial charge >= 0.3 is 0 Å². The number of carbonyl (C=O) groups excluding carboxylic acids is 1. The molecule has 0 aliphatic carbocycles. The number of likely N-dealkylation sites (N-methyl/N-ethyl adjacent to an activating group) is 1. The molecule has 2 rings (SSSR count). The Kier molecular flexibility index (Phi) is 4.38. The van der Waals surface area contributed by atoms with Crippen LogP contribution in [-0.2, 0) is 0 Å². The third-order valence-electron chi connectivity index (χ3n) is 4.04. The first kappa shape index (κ1) is 14.2.